The van der Waals surface area contributed by atoms with Crippen LogP contribution in [0.5, 0.6) is 0 Å². The summed E-state index contributed by atoms with van der Waals surface area (Å²) in [6.45, 7) is 0.694. The van der Waals surface area contributed by atoms with Crippen molar-refractivity contribution in [1.82, 2.24) is 19.9 Å². The van der Waals surface area contributed by atoms with Crippen LogP contribution in [0.25, 0.3) is 11.2 Å². The number of rotatable bonds is 4. The Hall–Kier alpha value is -2.69. The fourth-order valence-corrected chi connectivity index (χ4v) is 4.25. The molecule has 0 spiro atoms. The van der Waals surface area contributed by atoms with Crippen LogP contribution in [0.4, 0.5) is 23.1 Å². The third kappa shape index (κ3) is 4.36. The minimum Gasteiger partial charge on any atom is -0.351 e. The Balaban J connectivity index is 0.00000136. The molecule has 2 aliphatic rings. The number of nitro groups is 1. The number of anilines is 3. The first-order valence-corrected chi connectivity index (χ1v) is 9.86. The molecular weight excluding hydrogens is 443 g/mol. The molecule has 0 bridgehead atoms. The molecule has 166 valence electrons. The highest BCUT2D eigenvalue weighted by Crippen LogP contribution is 2.38. The van der Waals surface area contributed by atoms with Crippen molar-refractivity contribution < 1.29 is 4.92 Å². The van der Waals surface area contributed by atoms with Crippen molar-refractivity contribution in [3.05, 3.63) is 40.2 Å². The van der Waals surface area contributed by atoms with Crippen LogP contribution in [0.3, 0.4) is 0 Å². The second-order valence-corrected chi connectivity index (χ2v) is 7.70. The van der Waals surface area contributed by atoms with E-state index in [9.17, 15) is 10.1 Å². The molecule has 3 aromatic rings. The number of nitrogens with zero attached hydrogens (tertiary/aromatic N) is 5. The molecule has 0 atom stereocenters. The fraction of sp³-hybridized carbons (Fsp3) is 0.421. The van der Waals surface area contributed by atoms with Gasteiger partial charge in [0.2, 0.25) is 5.95 Å². The largest absolute Gasteiger partial charge is 0.351 e. The monoisotopic (exact) mass is 466 g/mol. The molecular formula is C19H24Cl2N8O2. The number of nitrogens with two attached hydrogens (primary N) is 1. The Labute approximate surface area is 191 Å². The van der Waals surface area contributed by atoms with Crippen molar-refractivity contribution in [3.63, 3.8) is 0 Å². The molecule has 5 rings (SSSR count). The van der Waals surface area contributed by atoms with Gasteiger partial charge in [0.05, 0.1) is 11.3 Å². The number of imidazole rings is 1. The summed E-state index contributed by atoms with van der Waals surface area (Å²) in [6, 6.07) is 5.55. The lowest BCUT2D eigenvalue weighted by atomic mass is 9.92. The molecule has 1 aliphatic carbocycles. The fourth-order valence-electron chi connectivity index (χ4n) is 4.25. The van der Waals surface area contributed by atoms with Crippen molar-refractivity contribution in [2.45, 2.75) is 44.2 Å². The van der Waals surface area contributed by atoms with Gasteiger partial charge in [0.1, 0.15) is 5.52 Å². The SMILES string of the molecule is Cl.Cl.NC1CCC(Nc2nc(N3CCc4cc([N+](=O)[O-])ccc43)c3[nH]cnc3n2)CC1. The number of hydrogen-bond donors (Lipinski definition) is 3. The van der Waals surface area contributed by atoms with Gasteiger partial charge in [-0.25, -0.2) is 4.98 Å². The van der Waals surface area contributed by atoms with Crippen LogP contribution >= 0.6 is 24.8 Å². The topological polar surface area (TPSA) is 139 Å². The Kier molecular flexibility index (Phi) is 6.83. The van der Waals surface area contributed by atoms with E-state index >= 15 is 0 Å². The Morgan fingerprint density at radius 1 is 1.19 bits per heavy atom. The summed E-state index contributed by atoms with van der Waals surface area (Å²) in [5.74, 6) is 1.28. The first-order chi connectivity index (χ1) is 14.1. The van der Waals surface area contributed by atoms with Crippen LogP contribution in [0.1, 0.15) is 31.2 Å². The lowest BCUT2D eigenvalue weighted by Crippen LogP contribution is -2.33. The van der Waals surface area contributed by atoms with E-state index in [1.165, 1.54) is 6.07 Å². The molecule has 4 N–H and O–H groups in total. The summed E-state index contributed by atoms with van der Waals surface area (Å²) in [4.78, 5) is 29.6. The quantitative estimate of drug-likeness (QED) is 0.392. The normalized spacial score (nSPS) is 20.0. The number of H-pyrrole nitrogens is 1. The molecule has 10 nitrogen and oxygen atoms in total. The third-order valence-corrected chi connectivity index (χ3v) is 5.80. The lowest BCUT2D eigenvalue weighted by Gasteiger charge is -2.27. The van der Waals surface area contributed by atoms with E-state index in [2.05, 4.69) is 25.2 Å². The standard InChI is InChI=1S/C19H22N8O2.2ClH/c20-12-1-3-13(4-2-12)23-19-24-17-16(21-10-22-17)18(25-19)26-8-7-11-9-14(27(28)29)5-6-15(11)26;;/h5-6,9-10,12-13H,1-4,7-8,20H2,(H2,21,22,23,24,25);2*1H. The maximum Gasteiger partial charge on any atom is 0.269 e. The molecule has 0 amide bonds. The van der Waals surface area contributed by atoms with Gasteiger partial charge in [0.25, 0.3) is 5.69 Å². The van der Waals surface area contributed by atoms with Gasteiger partial charge in [-0.3, -0.25) is 10.1 Å². The molecule has 12 heteroatoms. The highest BCUT2D eigenvalue weighted by molar-refractivity contribution is 5.88. The molecule has 0 unspecified atom stereocenters. The maximum atomic E-state index is 11.1. The maximum absolute atomic E-state index is 11.1. The molecule has 0 saturated heterocycles. The third-order valence-electron chi connectivity index (χ3n) is 5.80. The van der Waals surface area contributed by atoms with Gasteiger partial charge in [0.15, 0.2) is 11.5 Å². The zero-order valence-electron chi connectivity index (χ0n) is 16.7. The predicted molar refractivity (Wildman–Crippen MR) is 124 cm³/mol. The number of nitro benzene ring substituents is 1. The highest BCUT2D eigenvalue weighted by Gasteiger charge is 2.27. The number of non-ortho nitro benzene ring substituents is 1. The molecule has 1 fully saturated rings. The van der Waals surface area contributed by atoms with Crippen molar-refractivity contribution in [2.24, 2.45) is 5.73 Å². The second-order valence-electron chi connectivity index (χ2n) is 7.70. The van der Waals surface area contributed by atoms with E-state index in [0.29, 0.717) is 24.2 Å². The van der Waals surface area contributed by atoms with Crippen LogP contribution in [0.2, 0.25) is 0 Å². The van der Waals surface area contributed by atoms with E-state index in [0.717, 1.165) is 54.7 Å². The molecule has 31 heavy (non-hydrogen) atoms. The average Bonchev–Trinajstić information content (AvgIpc) is 3.35. The second kappa shape index (κ2) is 9.21. The Morgan fingerprint density at radius 2 is 1.97 bits per heavy atom. The summed E-state index contributed by atoms with van der Waals surface area (Å²) in [5, 5.41) is 14.5. The Morgan fingerprint density at radius 3 is 2.71 bits per heavy atom. The van der Waals surface area contributed by atoms with E-state index in [-0.39, 0.29) is 41.5 Å². The van der Waals surface area contributed by atoms with Crippen molar-refractivity contribution >= 4 is 59.1 Å². The summed E-state index contributed by atoms with van der Waals surface area (Å²) in [6.07, 6.45) is 6.31. The van der Waals surface area contributed by atoms with E-state index in [1.54, 1.807) is 18.5 Å². The van der Waals surface area contributed by atoms with Gasteiger partial charge in [0, 0.05) is 36.4 Å². The van der Waals surface area contributed by atoms with Gasteiger partial charge >= 0.3 is 0 Å². The van der Waals surface area contributed by atoms with E-state index in [4.69, 9.17) is 10.7 Å². The summed E-state index contributed by atoms with van der Waals surface area (Å²) < 4.78 is 0. The van der Waals surface area contributed by atoms with E-state index in [1.807, 2.05) is 0 Å². The molecule has 1 saturated carbocycles. The first kappa shape index (κ1) is 23.0. The number of benzene rings is 1. The summed E-state index contributed by atoms with van der Waals surface area (Å²) in [5.41, 5.74) is 9.35. The number of hydrogen-bond acceptors (Lipinski definition) is 8. The van der Waals surface area contributed by atoms with Crippen LogP contribution in [-0.2, 0) is 6.42 Å². The van der Waals surface area contributed by atoms with Gasteiger partial charge in [-0.15, -0.1) is 24.8 Å². The minimum atomic E-state index is -0.362. The van der Waals surface area contributed by atoms with Crippen molar-refractivity contribution in [2.75, 3.05) is 16.8 Å². The van der Waals surface area contributed by atoms with Crippen LogP contribution < -0.4 is 16.0 Å². The van der Waals surface area contributed by atoms with Gasteiger partial charge in [-0.05, 0) is 43.7 Å². The first-order valence-electron chi connectivity index (χ1n) is 9.86. The molecule has 1 aromatic carbocycles. The van der Waals surface area contributed by atoms with Gasteiger partial charge in [-0.1, -0.05) is 0 Å². The molecule has 3 heterocycles. The lowest BCUT2D eigenvalue weighted by molar-refractivity contribution is -0.384. The number of fused-ring (bicyclic) bond motifs is 2. The number of halogens is 2. The van der Waals surface area contributed by atoms with Gasteiger partial charge < -0.3 is 20.9 Å². The average molecular weight is 467 g/mol. The van der Waals surface area contributed by atoms with Gasteiger partial charge in [-0.2, -0.15) is 9.97 Å². The van der Waals surface area contributed by atoms with Crippen molar-refractivity contribution in [1.29, 1.82) is 0 Å². The van der Waals surface area contributed by atoms with E-state index < -0.39 is 0 Å². The highest BCUT2D eigenvalue weighted by atomic mass is 35.5. The molecule has 1 aliphatic heterocycles. The predicted octanol–water partition coefficient (Wildman–Crippen LogP) is 3.48. The molecule has 2 aromatic heterocycles. The zero-order valence-corrected chi connectivity index (χ0v) is 18.3. The smallest absolute Gasteiger partial charge is 0.269 e. The number of aromatic nitrogens is 4. The summed E-state index contributed by atoms with van der Waals surface area (Å²) in [7, 11) is 0. The molecule has 0 radical (unpaired) electrons. The number of nitrogens with one attached hydrogen (secondary N) is 2. The van der Waals surface area contributed by atoms with Crippen molar-refractivity contribution in [3.8, 4) is 0 Å². The van der Waals surface area contributed by atoms with Crippen LogP contribution in [-0.4, -0.2) is 43.5 Å². The van der Waals surface area contributed by atoms with Crippen LogP contribution in [0, 0.1) is 10.1 Å². The zero-order chi connectivity index (χ0) is 20.0. The summed E-state index contributed by atoms with van der Waals surface area (Å²) >= 11 is 0. The Bertz CT molecular complexity index is 1080. The van der Waals surface area contributed by atoms with Crippen LogP contribution in [0.15, 0.2) is 24.5 Å². The minimum absolute atomic E-state index is 0. The number of aromatic amines is 1.